The minimum absolute atomic E-state index is 0.0430. The predicted octanol–water partition coefficient (Wildman–Crippen LogP) is 3.70. The summed E-state index contributed by atoms with van der Waals surface area (Å²) in [5.74, 6) is -0.399. The van der Waals surface area contributed by atoms with Crippen molar-refractivity contribution in [2.75, 3.05) is 7.11 Å². The van der Waals surface area contributed by atoms with E-state index in [2.05, 4.69) is 26.1 Å². The number of nitrogens with one attached hydrogen (secondary N) is 1. The summed E-state index contributed by atoms with van der Waals surface area (Å²) in [6.45, 7) is 0. The smallest absolute Gasteiger partial charge is 0.353 e. The molecule has 0 spiro atoms. The molecule has 0 bridgehead atoms. The molecule has 106 valence electrons. The van der Waals surface area contributed by atoms with Crippen LogP contribution >= 0.6 is 15.9 Å². The van der Waals surface area contributed by atoms with Crippen LogP contribution in [0.3, 0.4) is 0 Å². The van der Waals surface area contributed by atoms with Gasteiger partial charge in [0.15, 0.2) is 0 Å². The number of rotatable bonds is 3. The number of aromatic nitrogens is 2. The molecule has 1 aromatic heterocycles. The van der Waals surface area contributed by atoms with Crippen LogP contribution in [0.25, 0.3) is 22.0 Å². The van der Waals surface area contributed by atoms with E-state index in [1.165, 1.54) is 6.07 Å². The van der Waals surface area contributed by atoms with Crippen molar-refractivity contribution >= 4 is 32.7 Å². The van der Waals surface area contributed by atoms with E-state index in [0.717, 1.165) is 20.8 Å². The van der Waals surface area contributed by atoms with E-state index in [-0.39, 0.29) is 5.69 Å². The van der Waals surface area contributed by atoms with Gasteiger partial charge in [-0.25, -0.2) is 4.79 Å². The van der Waals surface area contributed by atoms with Gasteiger partial charge in [-0.1, -0.05) is 22.0 Å². The zero-order valence-electron chi connectivity index (χ0n) is 11.1. The van der Waals surface area contributed by atoms with E-state index < -0.39 is 5.97 Å². The highest BCUT2D eigenvalue weighted by Gasteiger charge is 2.14. The summed E-state index contributed by atoms with van der Waals surface area (Å²) >= 11 is 3.44. The second kappa shape index (κ2) is 5.21. The Morgan fingerprint density at radius 1 is 1.24 bits per heavy atom. The summed E-state index contributed by atoms with van der Waals surface area (Å²) in [6, 6.07) is 11.3. The topological polar surface area (TPSA) is 75.2 Å². The van der Waals surface area contributed by atoms with Gasteiger partial charge in [0.1, 0.15) is 11.4 Å². The Morgan fingerprint density at radius 2 is 2.05 bits per heavy atom. The van der Waals surface area contributed by atoms with Crippen LogP contribution in [0.15, 0.2) is 40.9 Å². The van der Waals surface area contributed by atoms with Crippen LogP contribution < -0.4 is 4.74 Å². The SMILES string of the molecule is COc1cc2ccc(Br)cc2cc1-c1cc(C(=O)O)[nH]n1. The molecule has 3 aromatic rings. The highest BCUT2D eigenvalue weighted by atomic mass is 79.9. The van der Waals surface area contributed by atoms with Crippen molar-refractivity contribution in [1.82, 2.24) is 10.2 Å². The van der Waals surface area contributed by atoms with E-state index in [9.17, 15) is 4.79 Å². The fourth-order valence-corrected chi connectivity index (χ4v) is 2.56. The number of hydrogen-bond donors (Lipinski definition) is 2. The number of hydrogen-bond acceptors (Lipinski definition) is 3. The molecular weight excluding hydrogens is 336 g/mol. The van der Waals surface area contributed by atoms with Gasteiger partial charge < -0.3 is 9.84 Å². The summed E-state index contributed by atoms with van der Waals surface area (Å²) in [4.78, 5) is 10.9. The monoisotopic (exact) mass is 346 g/mol. The number of benzene rings is 2. The Kier molecular flexibility index (Phi) is 3.39. The number of carbonyl (C=O) groups is 1. The minimum Gasteiger partial charge on any atom is -0.496 e. The molecule has 0 unspecified atom stereocenters. The molecule has 0 saturated heterocycles. The maximum absolute atomic E-state index is 10.9. The van der Waals surface area contributed by atoms with Crippen molar-refractivity contribution in [3.63, 3.8) is 0 Å². The number of carboxylic acid groups (broad SMARTS) is 1. The number of fused-ring (bicyclic) bond motifs is 1. The lowest BCUT2D eigenvalue weighted by Crippen LogP contribution is -1.95. The van der Waals surface area contributed by atoms with Crippen molar-refractivity contribution < 1.29 is 14.6 Å². The molecule has 0 aliphatic carbocycles. The molecule has 2 aromatic carbocycles. The fourth-order valence-electron chi connectivity index (χ4n) is 2.19. The number of methoxy groups -OCH3 is 1. The van der Waals surface area contributed by atoms with E-state index in [1.54, 1.807) is 7.11 Å². The number of H-pyrrole nitrogens is 1. The van der Waals surface area contributed by atoms with Crippen LogP contribution in [0, 0.1) is 0 Å². The molecule has 0 aliphatic rings. The number of halogens is 1. The molecular formula is C15H11BrN2O3. The van der Waals surface area contributed by atoms with Crippen LogP contribution in [-0.2, 0) is 0 Å². The van der Waals surface area contributed by atoms with Crippen LogP contribution in [0.2, 0.25) is 0 Å². The van der Waals surface area contributed by atoms with Gasteiger partial charge in [0.2, 0.25) is 0 Å². The third-order valence-electron chi connectivity index (χ3n) is 3.20. The zero-order valence-corrected chi connectivity index (χ0v) is 12.6. The first kappa shape index (κ1) is 13.6. The quantitative estimate of drug-likeness (QED) is 0.758. The summed E-state index contributed by atoms with van der Waals surface area (Å²) in [6.07, 6.45) is 0. The molecule has 0 radical (unpaired) electrons. The van der Waals surface area contributed by atoms with Gasteiger partial charge >= 0.3 is 5.97 Å². The third kappa shape index (κ3) is 2.50. The summed E-state index contributed by atoms with van der Waals surface area (Å²) < 4.78 is 6.37. The lowest BCUT2D eigenvalue weighted by Gasteiger charge is -2.09. The number of nitrogens with zero attached hydrogens (tertiary/aromatic N) is 1. The molecule has 0 amide bonds. The first-order valence-corrected chi connectivity index (χ1v) is 6.94. The second-order valence-electron chi connectivity index (χ2n) is 4.52. The van der Waals surface area contributed by atoms with Gasteiger partial charge in [-0.3, -0.25) is 5.10 Å². The number of aromatic carboxylic acids is 1. The van der Waals surface area contributed by atoms with Gasteiger partial charge in [-0.05, 0) is 41.1 Å². The average molecular weight is 347 g/mol. The lowest BCUT2D eigenvalue weighted by atomic mass is 10.0. The molecule has 3 rings (SSSR count). The van der Waals surface area contributed by atoms with E-state index in [1.807, 2.05) is 30.3 Å². The normalized spacial score (nSPS) is 10.8. The van der Waals surface area contributed by atoms with Crippen LogP contribution in [0.4, 0.5) is 0 Å². The molecule has 5 nitrogen and oxygen atoms in total. The maximum atomic E-state index is 10.9. The Balaban J connectivity index is 2.21. The molecule has 6 heteroatoms. The Labute approximate surface area is 128 Å². The number of aromatic amines is 1. The van der Waals surface area contributed by atoms with E-state index in [0.29, 0.717) is 11.4 Å². The van der Waals surface area contributed by atoms with Gasteiger partial charge in [0.25, 0.3) is 0 Å². The highest BCUT2D eigenvalue weighted by molar-refractivity contribution is 9.10. The molecule has 2 N–H and O–H groups in total. The highest BCUT2D eigenvalue weighted by Crippen LogP contribution is 2.34. The van der Waals surface area contributed by atoms with Crippen LogP contribution in [-0.4, -0.2) is 28.4 Å². The third-order valence-corrected chi connectivity index (χ3v) is 3.70. The van der Waals surface area contributed by atoms with Gasteiger partial charge in [0, 0.05) is 10.0 Å². The Hall–Kier alpha value is -2.34. The second-order valence-corrected chi connectivity index (χ2v) is 5.43. The molecule has 0 saturated carbocycles. The molecule has 0 fully saturated rings. The molecule has 21 heavy (non-hydrogen) atoms. The van der Waals surface area contributed by atoms with Crippen molar-refractivity contribution in [3.8, 4) is 17.0 Å². The first-order valence-electron chi connectivity index (χ1n) is 6.15. The largest absolute Gasteiger partial charge is 0.496 e. The van der Waals surface area contributed by atoms with Crippen molar-refractivity contribution in [3.05, 3.63) is 46.6 Å². The standard InChI is InChI=1S/C15H11BrN2O3/c1-21-14-6-8-2-3-10(16)4-9(8)5-11(14)12-7-13(15(19)20)18-17-12/h2-7H,1H3,(H,17,18)(H,19,20). The Morgan fingerprint density at radius 3 is 2.71 bits per heavy atom. The predicted molar refractivity (Wildman–Crippen MR) is 82.7 cm³/mol. The first-order chi connectivity index (χ1) is 10.1. The van der Waals surface area contributed by atoms with Gasteiger partial charge in [-0.15, -0.1) is 0 Å². The fraction of sp³-hybridized carbons (Fsp3) is 0.0667. The van der Waals surface area contributed by atoms with E-state index in [4.69, 9.17) is 9.84 Å². The summed E-state index contributed by atoms with van der Waals surface area (Å²) in [5.41, 5.74) is 1.32. The summed E-state index contributed by atoms with van der Waals surface area (Å²) in [7, 11) is 1.58. The molecule has 0 aliphatic heterocycles. The van der Waals surface area contributed by atoms with Gasteiger partial charge in [0.05, 0.1) is 12.8 Å². The molecule has 1 heterocycles. The summed E-state index contributed by atoms with van der Waals surface area (Å²) in [5, 5.41) is 17.6. The van der Waals surface area contributed by atoms with Crippen molar-refractivity contribution in [2.45, 2.75) is 0 Å². The van der Waals surface area contributed by atoms with Gasteiger partial charge in [-0.2, -0.15) is 5.10 Å². The van der Waals surface area contributed by atoms with Crippen molar-refractivity contribution in [1.29, 1.82) is 0 Å². The van der Waals surface area contributed by atoms with E-state index >= 15 is 0 Å². The number of carboxylic acids is 1. The zero-order chi connectivity index (χ0) is 15.0. The average Bonchev–Trinajstić information content (AvgIpc) is 2.95. The van der Waals surface area contributed by atoms with Crippen LogP contribution in [0.5, 0.6) is 5.75 Å². The molecule has 0 atom stereocenters. The minimum atomic E-state index is -1.05. The lowest BCUT2D eigenvalue weighted by molar-refractivity contribution is 0.0690. The van der Waals surface area contributed by atoms with Crippen LogP contribution in [0.1, 0.15) is 10.5 Å². The number of ether oxygens (including phenoxy) is 1. The van der Waals surface area contributed by atoms with Crippen molar-refractivity contribution in [2.24, 2.45) is 0 Å². The maximum Gasteiger partial charge on any atom is 0.353 e. The Bertz CT molecular complexity index is 842.